The molecule has 117 heavy (non-hydrogen) atoms. The molecule has 0 spiro atoms. The van der Waals surface area contributed by atoms with Crippen LogP contribution in [0.4, 0.5) is 0 Å². The summed E-state index contributed by atoms with van der Waals surface area (Å²) < 4.78 is 4.93. The van der Waals surface area contributed by atoms with Gasteiger partial charge >= 0.3 is 0 Å². The maximum atomic E-state index is 5.50. The number of fused-ring (bicyclic) bond motifs is 7. The average Bonchev–Trinajstić information content (AvgIpc) is 1.55. The molecule has 0 saturated carbocycles. The van der Waals surface area contributed by atoms with Crippen LogP contribution in [-0.2, 0) is 7.05 Å². The number of aryl methyl sites for hydroxylation is 1. The summed E-state index contributed by atoms with van der Waals surface area (Å²) in [6.45, 7) is 0. The third-order valence-electron chi connectivity index (χ3n) is 22.4. The Kier molecular flexibility index (Phi) is 17.9. The Morgan fingerprint density at radius 3 is 0.735 bits per heavy atom. The number of benzene rings is 17. The van der Waals surface area contributed by atoms with E-state index >= 15 is 0 Å². The van der Waals surface area contributed by atoms with Crippen molar-refractivity contribution in [2.45, 2.75) is 0 Å². The van der Waals surface area contributed by atoms with Gasteiger partial charge in [-0.15, -0.1) is 11.3 Å². The van der Waals surface area contributed by atoms with Gasteiger partial charge in [-0.05, 0) is 185 Å². The quantitative estimate of drug-likeness (QED) is 0.0959. The maximum Gasteiger partial charge on any atom is 0.164 e. The number of hydrogen-bond donors (Lipinski definition) is 0. The number of rotatable bonds is 16. The summed E-state index contributed by atoms with van der Waals surface area (Å²) in [4.78, 5) is 33.0. The first kappa shape index (κ1) is 69.7. The molecule has 0 atom stereocenters. The summed E-state index contributed by atoms with van der Waals surface area (Å²) in [5.74, 6) is 3.43. The van der Waals surface area contributed by atoms with Crippen LogP contribution in [0, 0.1) is 0 Å². The zero-order valence-electron chi connectivity index (χ0n) is 63.8. The minimum absolute atomic E-state index is 0.567. The van der Waals surface area contributed by atoms with Crippen LogP contribution in [-0.4, -0.2) is 34.5 Å². The average molecular weight is 1510 g/mol. The highest BCUT2D eigenvalue weighted by Gasteiger charge is 2.25. The van der Waals surface area contributed by atoms with Crippen molar-refractivity contribution in [2.24, 2.45) is 7.05 Å². The molecule has 0 fully saturated rings. The first-order valence-corrected chi connectivity index (χ1v) is 40.3. The number of para-hydroxylation sites is 1. The normalized spacial score (nSPS) is 11.5. The number of thiophene rings is 1. The summed E-state index contributed by atoms with van der Waals surface area (Å²) in [6, 6.07) is 147. The van der Waals surface area contributed by atoms with E-state index in [1.54, 1.807) is 0 Å². The molecule has 0 N–H and O–H groups in total. The van der Waals surface area contributed by atoms with Crippen molar-refractivity contribution in [2.75, 3.05) is 0 Å². The van der Waals surface area contributed by atoms with Crippen LogP contribution < -0.4 is 0 Å². The summed E-state index contributed by atoms with van der Waals surface area (Å²) >= 11 is 1.86. The van der Waals surface area contributed by atoms with Gasteiger partial charge in [0.25, 0.3) is 0 Å². The van der Waals surface area contributed by atoms with Gasteiger partial charge in [-0.1, -0.05) is 328 Å². The Labute approximate surface area is 682 Å². The second-order valence-electron chi connectivity index (χ2n) is 29.8. The molecule has 0 aliphatic rings. The fraction of sp³-hybridized carbons (Fsp3) is 0.00917. The lowest BCUT2D eigenvalue weighted by atomic mass is 9.95. The molecular weight excluding hydrogens is 1440 g/mol. The van der Waals surface area contributed by atoms with Crippen molar-refractivity contribution in [3.05, 3.63) is 413 Å². The second-order valence-corrected chi connectivity index (χ2v) is 30.8. The fourth-order valence-electron chi connectivity index (χ4n) is 16.6. The van der Waals surface area contributed by atoms with Gasteiger partial charge in [0.2, 0.25) is 0 Å². The zero-order chi connectivity index (χ0) is 77.7. The first-order valence-electron chi connectivity index (χ1n) is 39.5. The van der Waals surface area contributed by atoms with Crippen LogP contribution in [0.2, 0.25) is 0 Å². The first-order chi connectivity index (χ1) is 57.8. The Hall–Kier alpha value is -15.2. The highest BCUT2D eigenvalue weighted by Crippen LogP contribution is 2.49. The molecule has 4 aromatic heterocycles. The third-order valence-corrected chi connectivity index (χ3v) is 23.6. The van der Waals surface area contributed by atoms with Crippen molar-refractivity contribution >= 4 is 53.3 Å². The fourth-order valence-corrected chi connectivity index (χ4v) is 17.9. The van der Waals surface area contributed by atoms with Gasteiger partial charge < -0.3 is 4.57 Å². The Bertz CT molecular complexity index is 6780. The molecule has 0 radical (unpaired) electrons. The maximum absolute atomic E-state index is 5.50. The van der Waals surface area contributed by atoms with Gasteiger partial charge in [0.05, 0.1) is 11.0 Å². The molecule has 4 heterocycles. The Morgan fingerprint density at radius 2 is 0.427 bits per heavy atom. The zero-order valence-corrected chi connectivity index (χ0v) is 64.6. The molecule has 7 nitrogen and oxygen atoms in total. The van der Waals surface area contributed by atoms with Crippen LogP contribution in [0.25, 0.3) is 222 Å². The number of aromatic nitrogens is 7. The van der Waals surface area contributed by atoms with E-state index in [-0.39, 0.29) is 0 Å². The number of nitrogens with zero attached hydrogens (tertiary/aromatic N) is 7. The van der Waals surface area contributed by atoms with E-state index in [2.05, 4.69) is 424 Å². The molecule has 0 amide bonds. The van der Waals surface area contributed by atoms with Crippen LogP contribution in [0.1, 0.15) is 0 Å². The van der Waals surface area contributed by atoms with E-state index in [0.29, 0.717) is 34.9 Å². The predicted molar refractivity (Wildman–Crippen MR) is 487 cm³/mol. The SMILES string of the molecule is Cn1c2c(-c3ccc(-c4nc(-c5cc(-c6ccccc6)cc(-c6ccccc6)c5)nc(-c5cc(-c6ccccc6)cc(-c6ccccc6)c5)n4)cc3)cccc2c2c3sc4ccccc4c3cc(-c3ccc(-c4nc(-c5cc(-c6ccccc6)cc(-c6ccccc6)c5)nc(-c5cc(-c6ccccc6)cc(-c6ccccc6)c5)n4)cc3)c21. The van der Waals surface area contributed by atoms with Crippen molar-refractivity contribution in [1.82, 2.24) is 34.5 Å². The van der Waals surface area contributed by atoms with Crippen molar-refractivity contribution in [3.8, 4) is 180 Å². The number of hydrogen-bond acceptors (Lipinski definition) is 7. The van der Waals surface area contributed by atoms with E-state index in [0.717, 1.165) is 156 Å². The van der Waals surface area contributed by atoms with Gasteiger partial charge in [-0.2, -0.15) is 0 Å². The van der Waals surface area contributed by atoms with E-state index in [1.807, 2.05) is 11.3 Å². The lowest BCUT2D eigenvalue weighted by molar-refractivity contribution is 1.02. The van der Waals surface area contributed by atoms with Gasteiger partial charge in [-0.25, -0.2) is 29.9 Å². The van der Waals surface area contributed by atoms with Gasteiger partial charge in [-0.3, -0.25) is 0 Å². The second kappa shape index (κ2) is 30.0. The molecule has 0 bridgehead atoms. The van der Waals surface area contributed by atoms with Crippen molar-refractivity contribution in [3.63, 3.8) is 0 Å². The van der Waals surface area contributed by atoms with E-state index in [1.165, 1.54) is 30.9 Å². The van der Waals surface area contributed by atoms with Crippen LogP contribution in [0.3, 0.4) is 0 Å². The standard InChI is InChI=1S/C109H71N7S/c1-116-101-94(78-49-53-80(54-50-78)104-110-106(90-61-82(70-29-10-2-11-30-70)57-83(62-90)71-31-12-3-13-32-71)114-107(111-104)91-63-84(72-33-14-4-15-34-72)58-85(64-91)73-35-16-5-17-36-73)46-28-47-96(101)100-102(116)97(69-98-95-45-26-27-48-99(95)117-103(98)100)79-51-55-81(56-52-79)105-112-108(92-65-86(74-37-18-6-19-38-74)59-87(66-92)75-39-20-7-21-40-75)115-109(113-105)93-67-88(76-41-22-8-23-42-76)60-89(68-93)77-43-24-9-25-44-77/h2-69H,1H3. The molecule has 0 saturated heterocycles. The van der Waals surface area contributed by atoms with E-state index < -0.39 is 0 Å². The summed E-state index contributed by atoms with van der Waals surface area (Å²) in [7, 11) is 2.24. The molecular formula is C109H71N7S. The molecule has 17 aromatic carbocycles. The van der Waals surface area contributed by atoms with Crippen molar-refractivity contribution < 1.29 is 0 Å². The summed E-state index contributed by atoms with van der Waals surface area (Å²) in [5.41, 5.74) is 29.3. The molecule has 21 rings (SSSR count). The molecule has 548 valence electrons. The molecule has 0 unspecified atom stereocenters. The topological polar surface area (TPSA) is 82.3 Å². The minimum atomic E-state index is 0.567. The van der Waals surface area contributed by atoms with Crippen LogP contribution in [0.5, 0.6) is 0 Å². The summed E-state index contributed by atoms with van der Waals surface area (Å²) in [5, 5.41) is 4.86. The smallest absolute Gasteiger partial charge is 0.164 e. The van der Waals surface area contributed by atoms with E-state index in [9.17, 15) is 0 Å². The monoisotopic (exact) mass is 1510 g/mol. The molecule has 21 aromatic rings. The van der Waals surface area contributed by atoms with Crippen LogP contribution >= 0.6 is 11.3 Å². The van der Waals surface area contributed by atoms with E-state index in [4.69, 9.17) is 29.9 Å². The predicted octanol–water partition coefficient (Wildman–Crippen LogP) is 28.7. The molecule has 0 aliphatic heterocycles. The highest BCUT2D eigenvalue weighted by atomic mass is 32.1. The largest absolute Gasteiger partial charge is 0.343 e. The van der Waals surface area contributed by atoms with Gasteiger partial charge in [0, 0.05) is 82.5 Å². The molecule has 8 heteroatoms. The van der Waals surface area contributed by atoms with Crippen LogP contribution in [0.15, 0.2) is 413 Å². The van der Waals surface area contributed by atoms with Gasteiger partial charge in [0.15, 0.2) is 34.9 Å². The third kappa shape index (κ3) is 13.5. The Morgan fingerprint density at radius 1 is 0.179 bits per heavy atom. The molecule has 0 aliphatic carbocycles. The Balaban J connectivity index is 0.707. The summed E-state index contributed by atoms with van der Waals surface area (Å²) in [6.07, 6.45) is 0. The van der Waals surface area contributed by atoms with Crippen molar-refractivity contribution in [1.29, 1.82) is 0 Å². The highest BCUT2D eigenvalue weighted by molar-refractivity contribution is 7.26. The lowest BCUT2D eigenvalue weighted by Crippen LogP contribution is -2.01. The van der Waals surface area contributed by atoms with Gasteiger partial charge in [0.1, 0.15) is 0 Å². The minimum Gasteiger partial charge on any atom is -0.343 e. The lowest BCUT2D eigenvalue weighted by Gasteiger charge is -2.14.